The predicted molar refractivity (Wildman–Crippen MR) is 65.3 cm³/mol. The molecular formula is C11H19ClN2O3. The standard InChI is InChI=1S/C11H19ClN2O3/c1-15-6-7-17-9-8-16-5-4-14-3-2-13-11(14)10-12/h2-3H,4-10H2,1H3. The highest BCUT2D eigenvalue weighted by Crippen LogP contribution is 2.01. The minimum absolute atomic E-state index is 0.424. The molecule has 0 aliphatic heterocycles. The molecule has 17 heavy (non-hydrogen) atoms. The van der Waals surface area contributed by atoms with Crippen molar-refractivity contribution in [1.82, 2.24) is 9.55 Å². The quantitative estimate of drug-likeness (QED) is 0.471. The van der Waals surface area contributed by atoms with Crippen molar-refractivity contribution in [2.24, 2.45) is 0 Å². The Bertz CT molecular complexity index is 294. The molecule has 1 aromatic rings. The SMILES string of the molecule is COCCOCCOCCn1ccnc1CCl. The zero-order valence-electron chi connectivity index (χ0n) is 10.1. The monoisotopic (exact) mass is 262 g/mol. The van der Waals surface area contributed by atoms with Gasteiger partial charge < -0.3 is 18.8 Å². The fourth-order valence-electron chi connectivity index (χ4n) is 1.30. The van der Waals surface area contributed by atoms with Gasteiger partial charge in [0.2, 0.25) is 0 Å². The Morgan fingerprint density at radius 2 is 1.88 bits per heavy atom. The minimum atomic E-state index is 0.424. The minimum Gasteiger partial charge on any atom is -0.382 e. The number of ether oxygens (including phenoxy) is 3. The summed E-state index contributed by atoms with van der Waals surface area (Å²) in [5.74, 6) is 1.29. The summed E-state index contributed by atoms with van der Waals surface area (Å²) in [5, 5.41) is 0. The molecule has 0 fully saturated rings. The molecule has 1 heterocycles. The van der Waals surface area contributed by atoms with E-state index >= 15 is 0 Å². The topological polar surface area (TPSA) is 45.5 Å². The number of hydrogen-bond donors (Lipinski definition) is 0. The number of hydrogen-bond acceptors (Lipinski definition) is 4. The van der Waals surface area contributed by atoms with Crippen LogP contribution in [-0.4, -0.2) is 49.7 Å². The maximum Gasteiger partial charge on any atom is 0.123 e. The molecule has 0 saturated heterocycles. The fraction of sp³-hybridized carbons (Fsp3) is 0.727. The van der Waals surface area contributed by atoms with E-state index in [9.17, 15) is 0 Å². The van der Waals surface area contributed by atoms with Crippen LogP contribution < -0.4 is 0 Å². The molecule has 0 unspecified atom stereocenters. The van der Waals surface area contributed by atoms with Gasteiger partial charge in [0.05, 0.1) is 38.9 Å². The molecule has 0 aromatic carbocycles. The number of alkyl halides is 1. The van der Waals surface area contributed by atoms with Gasteiger partial charge in [-0.25, -0.2) is 4.98 Å². The fourth-order valence-corrected chi connectivity index (χ4v) is 1.52. The van der Waals surface area contributed by atoms with Crippen molar-refractivity contribution in [2.75, 3.05) is 40.1 Å². The Labute approximate surface area is 107 Å². The lowest BCUT2D eigenvalue weighted by atomic mass is 10.6. The number of aromatic nitrogens is 2. The van der Waals surface area contributed by atoms with Crippen molar-refractivity contribution < 1.29 is 14.2 Å². The Kier molecular flexibility index (Phi) is 8.00. The molecule has 0 spiro atoms. The van der Waals surface area contributed by atoms with Crippen LogP contribution in [0, 0.1) is 0 Å². The number of imidazole rings is 1. The molecule has 1 aromatic heterocycles. The molecule has 0 aliphatic carbocycles. The van der Waals surface area contributed by atoms with E-state index in [1.165, 1.54) is 0 Å². The largest absolute Gasteiger partial charge is 0.382 e. The first-order valence-electron chi connectivity index (χ1n) is 5.59. The molecule has 0 radical (unpaired) electrons. The van der Waals surface area contributed by atoms with Crippen molar-refractivity contribution in [3.05, 3.63) is 18.2 Å². The van der Waals surface area contributed by atoms with Gasteiger partial charge in [-0.3, -0.25) is 0 Å². The maximum absolute atomic E-state index is 5.73. The average Bonchev–Trinajstić information content (AvgIpc) is 2.80. The van der Waals surface area contributed by atoms with E-state index in [2.05, 4.69) is 4.98 Å². The van der Waals surface area contributed by atoms with Gasteiger partial charge in [-0.1, -0.05) is 0 Å². The molecule has 0 N–H and O–H groups in total. The van der Waals surface area contributed by atoms with E-state index in [0.717, 1.165) is 12.4 Å². The Balaban J connectivity index is 1.97. The molecule has 5 nitrogen and oxygen atoms in total. The summed E-state index contributed by atoms with van der Waals surface area (Å²) in [5.41, 5.74) is 0. The molecule has 0 amide bonds. The van der Waals surface area contributed by atoms with E-state index in [1.807, 2.05) is 10.8 Å². The van der Waals surface area contributed by atoms with Crippen LogP contribution in [-0.2, 0) is 26.6 Å². The first-order valence-corrected chi connectivity index (χ1v) is 6.12. The van der Waals surface area contributed by atoms with Gasteiger partial charge in [0.25, 0.3) is 0 Å². The predicted octanol–water partition coefficient (Wildman–Crippen LogP) is 1.30. The lowest BCUT2D eigenvalue weighted by Crippen LogP contribution is -2.12. The van der Waals surface area contributed by atoms with Gasteiger partial charge in [-0.15, -0.1) is 11.6 Å². The Hall–Kier alpha value is -0.620. The molecule has 6 heteroatoms. The van der Waals surface area contributed by atoms with Crippen molar-refractivity contribution in [1.29, 1.82) is 0 Å². The first kappa shape index (κ1) is 14.4. The smallest absolute Gasteiger partial charge is 0.123 e. The summed E-state index contributed by atoms with van der Waals surface area (Å²) < 4.78 is 17.5. The van der Waals surface area contributed by atoms with Gasteiger partial charge in [0.1, 0.15) is 5.82 Å². The van der Waals surface area contributed by atoms with E-state index in [-0.39, 0.29) is 0 Å². The zero-order chi connectivity index (χ0) is 12.3. The van der Waals surface area contributed by atoms with Crippen LogP contribution in [0.25, 0.3) is 0 Å². The van der Waals surface area contributed by atoms with Crippen LogP contribution in [0.5, 0.6) is 0 Å². The van der Waals surface area contributed by atoms with E-state index in [1.54, 1.807) is 13.3 Å². The third kappa shape index (κ3) is 6.02. The summed E-state index contributed by atoms with van der Waals surface area (Å²) in [6, 6.07) is 0. The van der Waals surface area contributed by atoms with E-state index < -0.39 is 0 Å². The van der Waals surface area contributed by atoms with Crippen LogP contribution in [0.3, 0.4) is 0 Å². The normalized spacial score (nSPS) is 10.9. The average molecular weight is 263 g/mol. The van der Waals surface area contributed by atoms with E-state index in [0.29, 0.717) is 38.9 Å². The second kappa shape index (κ2) is 9.41. The maximum atomic E-state index is 5.73. The number of methoxy groups -OCH3 is 1. The summed E-state index contributed by atoms with van der Waals surface area (Å²) in [4.78, 5) is 4.12. The highest BCUT2D eigenvalue weighted by molar-refractivity contribution is 6.16. The second-order valence-electron chi connectivity index (χ2n) is 3.39. The van der Waals surface area contributed by atoms with Crippen molar-refractivity contribution >= 4 is 11.6 Å². The van der Waals surface area contributed by atoms with Crippen LogP contribution in [0.4, 0.5) is 0 Å². The van der Waals surface area contributed by atoms with Crippen LogP contribution in [0.2, 0.25) is 0 Å². The van der Waals surface area contributed by atoms with E-state index in [4.69, 9.17) is 25.8 Å². The Morgan fingerprint density at radius 1 is 1.18 bits per heavy atom. The molecular weight excluding hydrogens is 244 g/mol. The second-order valence-corrected chi connectivity index (χ2v) is 3.66. The van der Waals surface area contributed by atoms with Crippen molar-refractivity contribution in [3.63, 3.8) is 0 Å². The lowest BCUT2D eigenvalue weighted by molar-refractivity contribution is 0.0229. The summed E-state index contributed by atoms with van der Waals surface area (Å²) >= 11 is 5.73. The molecule has 0 saturated carbocycles. The molecule has 1 rings (SSSR count). The zero-order valence-corrected chi connectivity index (χ0v) is 10.9. The molecule has 98 valence electrons. The highest BCUT2D eigenvalue weighted by atomic mass is 35.5. The van der Waals surface area contributed by atoms with Gasteiger partial charge in [0.15, 0.2) is 0 Å². The third-order valence-electron chi connectivity index (χ3n) is 2.20. The van der Waals surface area contributed by atoms with Gasteiger partial charge >= 0.3 is 0 Å². The molecule has 0 atom stereocenters. The summed E-state index contributed by atoms with van der Waals surface area (Å²) in [6.07, 6.45) is 3.64. The number of halogens is 1. The third-order valence-corrected chi connectivity index (χ3v) is 2.44. The molecule has 0 bridgehead atoms. The van der Waals surface area contributed by atoms with Gasteiger partial charge in [0, 0.05) is 26.0 Å². The number of rotatable bonds is 10. The number of nitrogens with zero attached hydrogens (tertiary/aromatic N) is 2. The highest BCUT2D eigenvalue weighted by Gasteiger charge is 2.00. The first-order chi connectivity index (χ1) is 8.38. The molecule has 0 aliphatic rings. The summed E-state index contributed by atoms with van der Waals surface area (Å²) in [7, 11) is 1.65. The van der Waals surface area contributed by atoms with Crippen LogP contribution in [0.15, 0.2) is 12.4 Å². The Morgan fingerprint density at radius 3 is 2.59 bits per heavy atom. The van der Waals surface area contributed by atoms with Crippen LogP contribution in [0.1, 0.15) is 5.82 Å². The van der Waals surface area contributed by atoms with Crippen molar-refractivity contribution in [3.8, 4) is 0 Å². The summed E-state index contributed by atoms with van der Waals surface area (Å²) in [6.45, 7) is 3.81. The van der Waals surface area contributed by atoms with Gasteiger partial charge in [-0.2, -0.15) is 0 Å². The van der Waals surface area contributed by atoms with Crippen molar-refractivity contribution in [2.45, 2.75) is 12.4 Å². The van der Waals surface area contributed by atoms with Gasteiger partial charge in [-0.05, 0) is 0 Å². The van der Waals surface area contributed by atoms with Crippen LogP contribution >= 0.6 is 11.6 Å². The lowest BCUT2D eigenvalue weighted by Gasteiger charge is -2.07.